The number of hydrogen-bond acceptors (Lipinski definition) is 10. The third-order valence-corrected chi connectivity index (χ3v) is 5.12. The molecule has 0 bridgehead atoms. The van der Waals surface area contributed by atoms with Crippen molar-refractivity contribution in [3.63, 3.8) is 0 Å². The summed E-state index contributed by atoms with van der Waals surface area (Å²) in [4.78, 5) is 11.3. The fourth-order valence-electron chi connectivity index (χ4n) is 3.75. The van der Waals surface area contributed by atoms with Crippen molar-refractivity contribution in [3.05, 3.63) is 11.8 Å². The monoisotopic (exact) mass is 378 g/mol. The van der Waals surface area contributed by atoms with Gasteiger partial charge in [-0.2, -0.15) is 0 Å². The van der Waals surface area contributed by atoms with E-state index in [9.17, 15) is 40.5 Å². The second-order valence-corrected chi connectivity index (χ2v) is 6.69. The third-order valence-electron chi connectivity index (χ3n) is 5.12. The summed E-state index contributed by atoms with van der Waals surface area (Å²) in [5.41, 5.74) is -0.215. The molecule has 7 N–H and O–H groups in total. The van der Waals surface area contributed by atoms with Crippen molar-refractivity contribution in [2.24, 2.45) is 11.8 Å². The van der Waals surface area contributed by atoms with Crippen LogP contribution in [0, 0.1) is 11.8 Å². The van der Waals surface area contributed by atoms with Crippen molar-refractivity contribution in [3.8, 4) is 0 Å². The second kappa shape index (κ2) is 7.37. The number of carbonyl (C=O) groups is 1. The summed E-state index contributed by atoms with van der Waals surface area (Å²) < 4.78 is 15.9. The van der Waals surface area contributed by atoms with E-state index in [1.54, 1.807) is 0 Å². The van der Waals surface area contributed by atoms with E-state index in [0.717, 1.165) is 6.26 Å². The van der Waals surface area contributed by atoms with E-state index >= 15 is 0 Å². The Labute approximate surface area is 147 Å². The maximum Gasteiger partial charge on any atom is 0.335 e. The van der Waals surface area contributed by atoms with Gasteiger partial charge in [0.2, 0.25) is 6.29 Å². The van der Waals surface area contributed by atoms with Crippen LogP contribution in [0.4, 0.5) is 0 Å². The molecule has 0 radical (unpaired) electrons. The van der Waals surface area contributed by atoms with Crippen LogP contribution >= 0.6 is 0 Å². The average molecular weight is 378 g/mol. The molecule has 2 fully saturated rings. The standard InChI is InChI=1S/C15H22O11/c16-2-7-10(19)11(20)12(21)15(25-7)26-14-9-6(18)1-5(17)8(9)4(3-24-14)13(22)23/h3,5-12,14-21H,1-2H2,(H,22,23). The molecule has 1 aliphatic carbocycles. The zero-order valence-electron chi connectivity index (χ0n) is 13.5. The van der Waals surface area contributed by atoms with E-state index in [-0.39, 0.29) is 12.0 Å². The van der Waals surface area contributed by atoms with Gasteiger partial charge in [-0.25, -0.2) is 4.79 Å². The minimum atomic E-state index is -1.68. The Balaban J connectivity index is 1.80. The number of rotatable bonds is 4. The molecular weight excluding hydrogens is 356 g/mol. The van der Waals surface area contributed by atoms with Crippen LogP contribution in [0.5, 0.6) is 0 Å². The van der Waals surface area contributed by atoms with Crippen LogP contribution in [0.15, 0.2) is 11.8 Å². The zero-order valence-corrected chi connectivity index (χ0v) is 13.5. The first-order valence-corrected chi connectivity index (χ1v) is 8.17. The topological polar surface area (TPSA) is 186 Å². The Hall–Kier alpha value is -1.31. The quantitative estimate of drug-likeness (QED) is 0.257. The van der Waals surface area contributed by atoms with Gasteiger partial charge < -0.3 is 50.0 Å². The Kier molecular flexibility index (Phi) is 5.51. The molecule has 148 valence electrons. The lowest BCUT2D eigenvalue weighted by molar-refractivity contribution is -0.343. The van der Waals surface area contributed by atoms with Gasteiger partial charge in [-0.15, -0.1) is 0 Å². The van der Waals surface area contributed by atoms with Gasteiger partial charge in [0.1, 0.15) is 24.4 Å². The number of carboxylic acids is 1. The van der Waals surface area contributed by atoms with Crippen LogP contribution in [0.25, 0.3) is 0 Å². The van der Waals surface area contributed by atoms with Crippen LogP contribution in [0.3, 0.4) is 0 Å². The molecule has 0 aromatic heterocycles. The molecule has 10 unspecified atom stereocenters. The summed E-state index contributed by atoms with van der Waals surface area (Å²) >= 11 is 0. The molecule has 3 rings (SSSR count). The highest BCUT2D eigenvalue weighted by atomic mass is 16.8. The van der Waals surface area contributed by atoms with Gasteiger partial charge in [0.05, 0.1) is 36.6 Å². The minimum absolute atomic E-state index is 0.0855. The van der Waals surface area contributed by atoms with Gasteiger partial charge in [-0.3, -0.25) is 0 Å². The smallest absolute Gasteiger partial charge is 0.335 e. The van der Waals surface area contributed by atoms with Crippen molar-refractivity contribution < 1.29 is 54.8 Å². The summed E-state index contributed by atoms with van der Waals surface area (Å²) in [7, 11) is 0. The highest BCUT2D eigenvalue weighted by molar-refractivity contribution is 5.87. The molecule has 10 atom stereocenters. The summed E-state index contributed by atoms with van der Waals surface area (Å²) in [6.45, 7) is -0.646. The van der Waals surface area contributed by atoms with E-state index in [1.165, 1.54) is 0 Å². The predicted octanol–water partition coefficient (Wildman–Crippen LogP) is -3.51. The summed E-state index contributed by atoms with van der Waals surface area (Å²) in [5.74, 6) is -3.21. The Morgan fingerprint density at radius 3 is 2.38 bits per heavy atom. The molecule has 0 aromatic carbocycles. The van der Waals surface area contributed by atoms with Crippen LogP contribution in [-0.2, 0) is 19.0 Å². The number of ether oxygens (including phenoxy) is 3. The highest BCUT2D eigenvalue weighted by Gasteiger charge is 2.54. The molecule has 0 spiro atoms. The molecule has 26 heavy (non-hydrogen) atoms. The van der Waals surface area contributed by atoms with Gasteiger partial charge in [0.15, 0.2) is 6.29 Å². The lowest BCUT2D eigenvalue weighted by Gasteiger charge is -2.42. The molecule has 2 aliphatic heterocycles. The first-order valence-electron chi connectivity index (χ1n) is 8.17. The van der Waals surface area contributed by atoms with E-state index in [1.807, 2.05) is 0 Å². The number of fused-ring (bicyclic) bond motifs is 1. The predicted molar refractivity (Wildman–Crippen MR) is 79.1 cm³/mol. The lowest BCUT2D eigenvalue weighted by Crippen LogP contribution is -2.60. The normalized spacial score (nSPS) is 48.5. The molecule has 2 heterocycles. The third kappa shape index (κ3) is 3.21. The maximum atomic E-state index is 11.3. The van der Waals surface area contributed by atoms with E-state index in [2.05, 4.69) is 0 Å². The molecule has 0 aromatic rings. The van der Waals surface area contributed by atoms with Crippen molar-refractivity contribution in [1.82, 2.24) is 0 Å². The van der Waals surface area contributed by atoms with Crippen molar-refractivity contribution in [2.75, 3.05) is 6.61 Å². The first-order chi connectivity index (χ1) is 12.3. The lowest BCUT2D eigenvalue weighted by atomic mass is 9.85. The van der Waals surface area contributed by atoms with Gasteiger partial charge >= 0.3 is 5.97 Å². The van der Waals surface area contributed by atoms with Crippen LogP contribution in [-0.4, -0.2) is 97.5 Å². The average Bonchev–Trinajstić information content (AvgIpc) is 2.90. The van der Waals surface area contributed by atoms with Gasteiger partial charge in [-0.1, -0.05) is 0 Å². The van der Waals surface area contributed by atoms with E-state index in [0.29, 0.717) is 0 Å². The maximum absolute atomic E-state index is 11.3. The summed E-state index contributed by atoms with van der Waals surface area (Å²) in [5, 5.41) is 68.3. The van der Waals surface area contributed by atoms with Gasteiger partial charge in [-0.05, 0) is 0 Å². The zero-order chi connectivity index (χ0) is 19.2. The van der Waals surface area contributed by atoms with Crippen LogP contribution < -0.4 is 0 Å². The number of aliphatic carboxylic acids is 1. The van der Waals surface area contributed by atoms with Crippen LogP contribution in [0.1, 0.15) is 6.42 Å². The second-order valence-electron chi connectivity index (χ2n) is 6.69. The number of carboxylic acid groups (broad SMARTS) is 1. The summed E-state index contributed by atoms with van der Waals surface area (Å²) in [6.07, 6.45) is -10.3. The van der Waals surface area contributed by atoms with Gasteiger partial charge in [0, 0.05) is 12.3 Å². The Morgan fingerprint density at radius 1 is 1.08 bits per heavy atom. The number of aliphatic hydroxyl groups is 6. The molecule has 1 saturated heterocycles. The van der Waals surface area contributed by atoms with E-state index in [4.69, 9.17) is 14.2 Å². The van der Waals surface area contributed by atoms with Crippen LogP contribution in [0.2, 0.25) is 0 Å². The highest BCUT2D eigenvalue weighted by Crippen LogP contribution is 2.44. The number of aliphatic hydroxyl groups excluding tert-OH is 6. The largest absolute Gasteiger partial charge is 0.478 e. The Bertz CT molecular complexity index is 564. The number of hydrogen-bond donors (Lipinski definition) is 7. The van der Waals surface area contributed by atoms with Crippen molar-refractivity contribution >= 4 is 5.97 Å². The molecule has 11 nitrogen and oxygen atoms in total. The van der Waals surface area contributed by atoms with Gasteiger partial charge in [0.25, 0.3) is 0 Å². The van der Waals surface area contributed by atoms with Crippen molar-refractivity contribution in [2.45, 2.75) is 55.6 Å². The first kappa shape index (κ1) is 19.5. The van der Waals surface area contributed by atoms with E-state index < -0.39 is 73.6 Å². The molecule has 0 amide bonds. The molecular formula is C15H22O11. The fraction of sp³-hybridized carbons (Fsp3) is 0.800. The fourth-order valence-corrected chi connectivity index (χ4v) is 3.75. The Morgan fingerprint density at radius 2 is 1.77 bits per heavy atom. The van der Waals surface area contributed by atoms with Crippen molar-refractivity contribution in [1.29, 1.82) is 0 Å². The molecule has 3 aliphatic rings. The molecule has 11 heteroatoms. The SMILES string of the molecule is O=C(O)C1=COC(OC2OC(CO)C(O)C(O)C2O)C2C(O)CC(O)C12. The minimum Gasteiger partial charge on any atom is -0.478 e. The summed E-state index contributed by atoms with van der Waals surface area (Å²) in [6, 6.07) is 0. The molecule has 1 saturated carbocycles.